The average Bonchev–Trinajstić information content (AvgIpc) is 2.40. The molecule has 1 aromatic heterocycles. The minimum Gasteiger partial charge on any atom is -0.325 e. The number of aryl methyl sites for hydroxylation is 2. The van der Waals surface area contributed by atoms with Gasteiger partial charge in [0, 0.05) is 17.4 Å². The second kappa shape index (κ2) is 6.58. The number of carbonyl (C=O) groups is 1. The van der Waals surface area contributed by atoms with E-state index in [0.717, 1.165) is 11.3 Å². The number of hydrogen-bond acceptors (Lipinski definition) is 4. The SMILES string of the molecule is Cc1ccc(NC(=O)C(C)Sc2nc(C)cc(=O)[nH]2)cc1. The van der Waals surface area contributed by atoms with Crippen LogP contribution in [0, 0.1) is 13.8 Å². The number of H-pyrrole nitrogens is 1. The maximum atomic E-state index is 12.1. The van der Waals surface area contributed by atoms with Gasteiger partial charge in [-0.3, -0.25) is 9.59 Å². The van der Waals surface area contributed by atoms with Crippen LogP contribution in [0.3, 0.4) is 0 Å². The van der Waals surface area contributed by atoms with Crippen molar-refractivity contribution in [1.82, 2.24) is 9.97 Å². The molecule has 0 saturated heterocycles. The van der Waals surface area contributed by atoms with E-state index in [1.165, 1.54) is 17.8 Å². The monoisotopic (exact) mass is 303 g/mol. The summed E-state index contributed by atoms with van der Waals surface area (Å²) in [4.78, 5) is 30.3. The van der Waals surface area contributed by atoms with Crippen LogP contribution in [0.15, 0.2) is 40.3 Å². The van der Waals surface area contributed by atoms with Crippen molar-refractivity contribution in [3.63, 3.8) is 0 Å². The number of carbonyl (C=O) groups excluding carboxylic acids is 1. The lowest BCUT2D eigenvalue weighted by Gasteiger charge is -2.11. The van der Waals surface area contributed by atoms with E-state index >= 15 is 0 Å². The van der Waals surface area contributed by atoms with Gasteiger partial charge in [-0.05, 0) is 32.9 Å². The van der Waals surface area contributed by atoms with Crippen LogP contribution >= 0.6 is 11.8 Å². The highest BCUT2D eigenvalue weighted by atomic mass is 32.2. The lowest BCUT2D eigenvalue weighted by atomic mass is 10.2. The zero-order valence-corrected chi connectivity index (χ0v) is 13.0. The van der Waals surface area contributed by atoms with Crippen LogP contribution in [0.4, 0.5) is 5.69 Å². The summed E-state index contributed by atoms with van der Waals surface area (Å²) in [5.41, 5.74) is 2.31. The van der Waals surface area contributed by atoms with Crippen LogP contribution in [0.25, 0.3) is 0 Å². The van der Waals surface area contributed by atoms with Crippen molar-refractivity contribution in [3.8, 4) is 0 Å². The van der Waals surface area contributed by atoms with Crippen LogP contribution in [-0.2, 0) is 4.79 Å². The molecule has 0 bridgehead atoms. The molecule has 0 fully saturated rings. The van der Waals surface area contributed by atoms with Crippen LogP contribution < -0.4 is 10.9 Å². The molecule has 1 heterocycles. The molecule has 5 nitrogen and oxygen atoms in total. The number of nitrogens with zero attached hydrogens (tertiary/aromatic N) is 1. The summed E-state index contributed by atoms with van der Waals surface area (Å²) in [6, 6.07) is 9.01. The average molecular weight is 303 g/mol. The quantitative estimate of drug-likeness (QED) is 0.672. The second-order valence-corrected chi connectivity index (χ2v) is 6.14. The number of hydrogen-bond donors (Lipinski definition) is 2. The number of rotatable bonds is 4. The van der Waals surface area contributed by atoms with Gasteiger partial charge >= 0.3 is 0 Å². The van der Waals surface area contributed by atoms with E-state index in [2.05, 4.69) is 15.3 Å². The summed E-state index contributed by atoms with van der Waals surface area (Å²) in [6.45, 7) is 5.51. The Morgan fingerprint density at radius 2 is 1.95 bits per heavy atom. The third kappa shape index (κ3) is 4.46. The fourth-order valence-corrected chi connectivity index (χ4v) is 2.57. The van der Waals surface area contributed by atoms with Crippen LogP contribution in [0.1, 0.15) is 18.2 Å². The third-order valence-electron chi connectivity index (χ3n) is 2.82. The van der Waals surface area contributed by atoms with Crippen molar-refractivity contribution < 1.29 is 4.79 Å². The molecule has 110 valence electrons. The van der Waals surface area contributed by atoms with E-state index in [1.54, 1.807) is 13.8 Å². The largest absolute Gasteiger partial charge is 0.325 e. The van der Waals surface area contributed by atoms with Gasteiger partial charge < -0.3 is 10.3 Å². The number of nitrogens with one attached hydrogen (secondary N) is 2. The zero-order chi connectivity index (χ0) is 15.4. The molecule has 0 aliphatic rings. The molecule has 21 heavy (non-hydrogen) atoms. The van der Waals surface area contributed by atoms with Crippen molar-refractivity contribution in [2.75, 3.05) is 5.32 Å². The predicted molar refractivity (Wildman–Crippen MR) is 84.7 cm³/mol. The first-order chi connectivity index (χ1) is 9.94. The van der Waals surface area contributed by atoms with E-state index in [-0.39, 0.29) is 16.7 Å². The van der Waals surface area contributed by atoms with E-state index < -0.39 is 0 Å². The fourth-order valence-electron chi connectivity index (χ4n) is 1.71. The van der Waals surface area contributed by atoms with E-state index in [9.17, 15) is 9.59 Å². The molecule has 0 spiro atoms. The Bertz CT molecular complexity index is 695. The van der Waals surface area contributed by atoms with Gasteiger partial charge in [0.05, 0.1) is 5.25 Å². The van der Waals surface area contributed by atoms with Crippen LogP contribution in [0.2, 0.25) is 0 Å². The number of aromatic amines is 1. The van der Waals surface area contributed by atoms with Crippen molar-refractivity contribution in [3.05, 3.63) is 51.9 Å². The normalized spacial score (nSPS) is 12.0. The number of anilines is 1. The highest BCUT2D eigenvalue weighted by molar-refractivity contribution is 8.00. The van der Waals surface area contributed by atoms with Gasteiger partial charge in [0.2, 0.25) is 5.91 Å². The number of aromatic nitrogens is 2. The molecule has 0 aliphatic carbocycles. The van der Waals surface area contributed by atoms with Gasteiger partial charge in [0.25, 0.3) is 5.56 Å². The first-order valence-electron chi connectivity index (χ1n) is 6.56. The van der Waals surface area contributed by atoms with E-state index in [4.69, 9.17) is 0 Å². The lowest BCUT2D eigenvalue weighted by Crippen LogP contribution is -2.23. The van der Waals surface area contributed by atoms with Gasteiger partial charge in [-0.1, -0.05) is 29.5 Å². The molecular weight excluding hydrogens is 286 g/mol. The molecule has 1 amide bonds. The second-order valence-electron chi connectivity index (χ2n) is 4.81. The van der Waals surface area contributed by atoms with Gasteiger partial charge in [-0.2, -0.15) is 0 Å². The first kappa shape index (κ1) is 15.3. The number of amides is 1. The van der Waals surface area contributed by atoms with Gasteiger partial charge in [-0.25, -0.2) is 4.98 Å². The van der Waals surface area contributed by atoms with Crippen molar-refractivity contribution in [1.29, 1.82) is 0 Å². The molecule has 2 aromatic rings. The molecule has 1 aromatic carbocycles. The molecule has 2 rings (SSSR count). The molecule has 0 saturated carbocycles. The molecule has 2 N–H and O–H groups in total. The Hall–Kier alpha value is -2.08. The Balaban J connectivity index is 2.02. The summed E-state index contributed by atoms with van der Waals surface area (Å²) in [5, 5.41) is 2.92. The Kier molecular flexibility index (Phi) is 4.80. The van der Waals surface area contributed by atoms with Crippen molar-refractivity contribution in [2.24, 2.45) is 0 Å². The lowest BCUT2D eigenvalue weighted by molar-refractivity contribution is -0.115. The molecule has 0 aliphatic heterocycles. The highest BCUT2D eigenvalue weighted by Gasteiger charge is 2.16. The van der Waals surface area contributed by atoms with E-state index in [1.807, 2.05) is 31.2 Å². The highest BCUT2D eigenvalue weighted by Crippen LogP contribution is 2.20. The van der Waals surface area contributed by atoms with Gasteiger partial charge in [0.15, 0.2) is 5.16 Å². The molecule has 1 unspecified atom stereocenters. The standard InChI is InChI=1S/C15H17N3O2S/c1-9-4-6-12(7-5-9)17-14(20)11(3)21-15-16-10(2)8-13(19)18-15/h4-8,11H,1-3H3,(H,17,20)(H,16,18,19). The molecule has 6 heteroatoms. The fraction of sp³-hybridized carbons (Fsp3) is 0.267. The topological polar surface area (TPSA) is 74.8 Å². The summed E-state index contributed by atoms with van der Waals surface area (Å²) in [5.74, 6) is -0.131. The summed E-state index contributed by atoms with van der Waals surface area (Å²) in [7, 11) is 0. The summed E-state index contributed by atoms with van der Waals surface area (Å²) < 4.78 is 0. The maximum Gasteiger partial charge on any atom is 0.251 e. The first-order valence-corrected chi connectivity index (χ1v) is 7.44. The van der Waals surface area contributed by atoms with Crippen molar-refractivity contribution >= 4 is 23.4 Å². The third-order valence-corrected chi connectivity index (χ3v) is 3.81. The maximum absolute atomic E-state index is 12.1. The van der Waals surface area contributed by atoms with Crippen LogP contribution in [-0.4, -0.2) is 21.1 Å². The Morgan fingerprint density at radius 1 is 1.29 bits per heavy atom. The number of thioether (sulfide) groups is 1. The molecular formula is C15H17N3O2S. The van der Waals surface area contributed by atoms with E-state index in [0.29, 0.717) is 10.9 Å². The Labute approximate surface area is 127 Å². The molecule has 0 radical (unpaired) electrons. The predicted octanol–water partition coefficient (Wildman–Crippen LogP) is 2.51. The minimum absolute atomic E-state index is 0.131. The minimum atomic E-state index is -0.365. The van der Waals surface area contributed by atoms with Gasteiger partial charge in [0.1, 0.15) is 0 Å². The summed E-state index contributed by atoms with van der Waals surface area (Å²) >= 11 is 1.22. The van der Waals surface area contributed by atoms with Crippen LogP contribution in [0.5, 0.6) is 0 Å². The number of benzene rings is 1. The zero-order valence-electron chi connectivity index (χ0n) is 12.1. The van der Waals surface area contributed by atoms with Gasteiger partial charge in [-0.15, -0.1) is 0 Å². The smallest absolute Gasteiger partial charge is 0.251 e. The molecule has 1 atom stereocenters. The summed E-state index contributed by atoms with van der Waals surface area (Å²) in [6.07, 6.45) is 0. The Morgan fingerprint density at radius 3 is 2.57 bits per heavy atom. The van der Waals surface area contributed by atoms with Crippen molar-refractivity contribution in [2.45, 2.75) is 31.2 Å².